The van der Waals surface area contributed by atoms with Crippen LogP contribution in [0.4, 0.5) is 5.69 Å². The van der Waals surface area contributed by atoms with Crippen LogP contribution in [0.3, 0.4) is 0 Å². The zero-order valence-electron chi connectivity index (χ0n) is 16.8. The number of nitro benzene ring substituents is 1. The number of ether oxygens (including phenoxy) is 2. The van der Waals surface area contributed by atoms with Gasteiger partial charge in [-0.25, -0.2) is 5.43 Å². The van der Waals surface area contributed by atoms with Gasteiger partial charge < -0.3 is 14.6 Å². The summed E-state index contributed by atoms with van der Waals surface area (Å²) in [6.45, 7) is -0.292. The molecule has 0 fully saturated rings. The maximum Gasteiger partial charge on any atom is 0.315 e. The number of amides is 1. The van der Waals surface area contributed by atoms with Crippen molar-refractivity contribution in [3.8, 4) is 28.4 Å². The van der Waals surface area contributed by atoms with E-state index < -0.39 is 22.3 Å². The highest BCUT2D eigenvalue weighted by Crippen LogP contribution is 2.36. The molecule has 0 aliphatic heterocycles. The minimum atomic E-state index is -0.747. The fraction of sp³-hybridized carbons (Fsp3) is 0.0909. The van der Waals surface area contributed by atoms with E-state index in [-0.39, 0.29) is 17.9 Å². The molecular formula is C22H18BrN3O6. The molecule has 0 bridgehead atoms. The summed E-state index contributed by atoms with van der Waals surface area (Å²) in [5.74, 6) is -0.710. The van der Waals surface area contributed by atoms with Crippen LogP contribution in [0.2, 0.25) is 0 Å². The number of rotatable bonds is 8. The van der Waals surface area contributed by atoms with Gasteiger partial charge >= 0.3 is 5.69 Å². The molecule has 164 valence electrons. The number of hydrogen-bond acceptors (Lipinski definition) is 7. The maximum absolute atomic E-state index is 12.0. The average molecular weight is 500 g/mol. The van der Waals surface area contributed by atoms with Gasteiger partial charge in [0.15, 0.2) is 12.4 Å². The van der Waals surface area contributed by atoms with E-state index in [0.717, 1.165) is 17.2 Å². The molecule has 0 aliphatic rings. The maximum atomic E-state index is 12.0. The van der Waals surface area contributed by atoms with Gasteiger partial charge in [-0.2, -0.15) is 5.10 Å². The van der Waals surface area contributed by atoms with E-state index in [2.05, 4.69) is 26.5 Å². The molecule has 2 N–H and O–H groups in total. The lowest BCUT2D eigenvalue weighted by atomic mass is 10.1. The molecule has 0 atom stereocenters. The highest BCUT2D eigenvalue weighted by Gasteiger charge is 2.19. The van der Waals surface area contributed by atoms with Gasteiger partial charge in [-0.3, -0.25) is 14.9 Å². The van der Waals surface area contributed by atoms with Gasteiger partial charge in [-0.15, -0.1) is 0 Å². The Morgan fingerprint density at radius 2 is 1.91 bits per heavy atom. The number of benzene rings is 3. The van der Waals surface area contributed by atoms with Crippen LogP contribution in [-0.2, 0) is 4.79 Å². The number of phenolic OH excluding ortho intramolecular Hbond substituents is 1. The van der Waals surface area contributed by atoms with Crippen LogP contribution in [0.1, 0.15) is 5.56 Å². The average Bonchev–Trinajstić information content (AvgIpc) is 2.79. The van der Waals surface area contributed by atoms with Gasteiger partial charge in [-0.05, 0) is 45.3 Å². The van der Waals surface area contributed by atoms with Crippen molar-refractivity contribution in [2.45, 2.75) is 0 Å². The summed E-state index contributed by atoms with van der Waals surface area (Å²) in [5, 5.41) is 24.6. The lowest BCUT2D eigenvalue weighted by molar-refractivity contribution is -0.386. The normalized spacial score (nSPS) is 10.7. The molecule has 0 heterocycles. The number of carbonyl (C=O) groups is 1. The Morgan fingerprint density at radius 1 is 1.16 bits per heavy atom. The van der Waals surface area contributed by atoms with E-state index in [1.807, 2.05) is 42.5 Å². The molecule has 1 amide bonds. The Labute approximate surface area is 191 Å². The predicted octanol–water partition coefficient (Wildman–Crippen LogP) is 4.27. The number of aromatic hydroxyl groups is 1. The number of carbonyl (C=O) groups excluding carboxylic acids is 1. The summed E-state index contributed by atoms with van der Waals surface area (Å²) in [4.78, 5) is 22.3. The largest absolute Gasteiger partial charge is 0.500 e. The second-order valence-electron chi connectivity index (χ2n) is 6.44. The topological polar surface area (TPSA) is 123 Å². The third-order valence-electron chi connectivity index (χ3n) is 4.29. The highest BCUT2D eigenvalue weighted by molar-refractivity contribution is 9.10. The van der Waals surface area contributed by atoms with Crippen LogP contribution in [0.15, 0.2) is 70.2 Å². The summed E-state index contributed by atoms with van der Waals surface area (Å²) in [5.41, 5.74) is 4.05. The van der Waals surface area contributed by atoms with Crippen LogP contribution >= 0.6 is 15.9 Å². The molecule has 3 aromatic carbocycles. The van der Waals surface area contributed by atoms with Gasteiger partial charge in [-0.1, -0.05) is 36.4 Å². The molecule has 0 aliphatic carbocycles. The van der Waals surface area contributed by atoms with Crippen molar-refractivity contribution in [2.24, 2.45) is 5.10 Å². The molecule has 0 spiro atoms. The van der Waals surface area contributed by atoms with Crippen LogP contribution in [-0.4, -0.2) is 35.9 Å². The Hall–Kier alpha value is -3.92. The Balaban J connectivity index is 1.59. The molecular weight excluding hydrogens is 482 g/mol. The molecule has 0 radical (unpaired) electrons. The number of phenols is 1. The molecule has 3 rings (SSSR count). The zero-order valence-corrected chi connectivity index (χ0v) is 18.4. The minimum Gasteiger partial charge on any atom is -0.500 e. The van der Waals surface area contributed by atoms with E-state index in [9.17, 15) is 20.0 Å². The highest BCUT2D eigenvalue weighted by atomic mass is 79.9. The van der Waals surface area contributed by atoms with E-state index in [4.69, 9.17) is 9.47 Å². The summed E-state index contributed by atoms with van der Waals surface area (Å²) in [6, 6.07) is 17.8. The minimum absolute atomic E-state index is 0.0842. The molecule has 0 aromatic heterocycles. The molecule has 0 unspecified atom stereocenters. The summed E-state index contributed by atoms with van der Waals surface area (Å²) < 4.78 is 11.1. The predicted molar refractivity (Wildman–Crippen MR) is 122 cm³/mol. The first-order valence-corrected chi connectivity index (χ1v) is 10.0. The fourth-order valence-electron chi connectivity index (χ4n) is 2.77. The summed E-state index contributed by atoms with van der Waals surface area (Å²) >= 11 is 3.44. The second kappa shape index (κ2) is 10.4. The monoisotopic (exact) mass is 499 g/mol. The quantitative estimate of drug-likeness (QED) is 0.271. The molecule has 0 saturated heterocycles. The van der Waals surface area contributed by atoms with E-state index >= 15 is 0 Å². The number of methoxy groups -OCH3 is 1. The van der Waals surface area contributed by atoms with E-state index in [1.165, 1.54) is 19.4 Å². The number of hydrazone groups is 1. The standard InChI is InChI=1S/C22H18BrN3O6/c1-31-20-10-14(9-18(22(20)28)26(29)30)12-24-25-21(27)13-32-19-8-7-16(11-17(19)23)15-5-3-2-4-6-15/h2-12,28H,13H2,1H3,(H,25,27)/b24-12+. The van der Waals surface area contributed by atoms with Crippen molar-refractivity contribution in [1.82, 2.24) is 5.43 Å². The van der Waals surface area contributed by atoms with Gasteiger partial charge in [0, 0.05) is 11.6 Å². The third kappa shape index (κ3) is 5.61. The molecule has 32 heavy (non-hydrogen) atoms. The van der Waals surface area contributed by atoms with Gasteiger partial charge in [0.1, 0.15) is 5.75 Å². The summed E-state index contributed by atoms with van der Waals surface area (Å²) in [6.07, 6.45) is 1.19. The molecule has 0 saturated carbocycles. The van der Waals surface area contributed by atoms with Gasteiger partial charge in [0.05, 0.1) is 22.7 Å². The molecule has 10 heteroatoms. The Kier molecular flexibility index (Phi) is 7.40. The number of halogens is 1. The number of nitrogens with zero attached hydrogens (tertiary/aromatic N) is 2. The first-order valence-electron chi connectivity index (χ1n) is 9.24. The second-order valence-corrected chi connectivity index (χ2v) is 7.30. The lowest BCUT2D eigenvalue weighted by Gasteiger charge is -2.09. The van der Waals surface area contributed by atoms with Crippen molar-refractivity contribution in [1.29, 1.82) is 0 Å². The third-order valence-corrected chi connectivity index (χ3v) is 4.91. The smallest absolute Gasteiger partial charge is 0.315 e. The molecule has 9 nitrogen and oxygen atoms in total. The van der Waals surface area contributed by atoms with Crippen LogP contribution in [0.25, 0.3) is 11.1 Å². The van der Waals surface area contributed by atoms with Gasteiger partial charge in [0.25, 0.3) is 5.91 Å². The van der Waals surface area contributed by atoms with Crippen molar-refractivity contribution >= 4 is 33.7 Å². The van der Waals surface area contributed by atoms with Crippen LogP contribution in [0, 0.1) is 10.1 Å². The molecule has 3 aromatic rings. The first kappa shape index (κ1) is 22.8. The fourth-order valence-corrected chi connectivity index (χ4v) is 3.26. The lowest BCUT2D eigenvalue weighted by Crippen LogP contribution is -2.24. The summed E-state index contributed by atoms with van der Waals surface area (Å²) in [7, 11) is 1.27. The van der Waals surface area contributed by atoms with Crippen LogP contribution < -0.4 is 14.9 Å². The van der Waals surface area contributed by atoms with Gasteiger partial charge in [0.2, 0.25) is 5.75 Å². The van der Waals surface area contributed by atoms with E-state index in [0.29, 0.717) is 10.2 Å². The number of nitrogens with one attached hydrogen (secondary N) is 1. The van der Waals surface area contributed by atoms with E-state index in [1.54, 1.807) is 6.07 Å². The Bertz CT molecular complexity index is 1170. The number of nitro groups is 1. The first-order chi connectivity index (χ1) is 15.4. The SMILES string of the molecule is COc1cc(/C=N/NC(=O)COc2ccc(-c3ccccc3)cc2Br)cc([N+](=O)[O-])c1O. The zero-order chi connectivity index (χ0) is 23.1. The van der Waals surface area contributed by atoms with Crippen molar-refractivity contribution < 1.29 is 24.3 Å². The van der Waals surface area contributed by atoms with Crippen molar-refractivity contribution in [3.63, 3.8) is 0 Å². The number of hydrogen-bond donors (Lipinski definition) is 2. The van der Waals surface area contributed by atoms with Crippen LogP contribution in [0.5, 0.6) is 17.2 Å². The van der Waals surface area contributed by atoms with Crippen molar-refractivity contribution in [3.05, 3.63) is 80.8 Å². The van der Waals surface area contributed by atoms with Crippen molar-refractivity contribution in [2.75, 3.05) is 13.7 Å². The Morgan fingerprint density at radius 3 is 2.56 bits per heavy atom.